The molecule has 0 bridgehead atoms. The Labute approximate surface area is 131 Å². The van der Waals surface area contributed by atoms with E-state index in [1.807, 2.05) is 0 Å². The van der Waals surface area contributed by atoms with E-state index >= 15 is 0 Å². The lowest BCUT2D eigenvalue weighted by Crippen LogP contribution is -2.46. The van der Waals surface area contributed by atoms with Crippen LogP contribution in [0, 0.1) is 5.41 Å². The minimum absolute atomic E-state index is 0.289. The maximum atomic E-state index is 9.44. The molecule has 0 heterocycles. The maximum Gasteiger partial charge on any atom is 0.0558 e. The van der Waals surface area contributed by atoms with Gasteiger partial charge in [0.05, 0.1) is 6.61 Å². The molecule has 0 spiro atoms. The number of rotatable bonds is 10. The van der Waals surface area contributed by atoms with Gasteiger partial charge in [-0.3, -0.25) is 4.90 Å². The number of hydrogen-bond acceptors (Lipinski definition) is 3. The number of thiol groups is 1. The molecule has 1 aliphatic carbocycles. The Balaban J connectivity index is 2.72. The van der Waals surface area contributed by atoms with Gasteiger partial charge in [-0.1, -0.05) is 46.0 Å². The fourth-order valence-corrected chi connectivity index (χ4v) is 4.36. The van der Waals surface area contributed by atoms with E-state index in [0.717, 1.165) is 18.8 Å². The molecule has 0 radical (unpaired) electrons. The molecule has 0 aromatic rings. The minimum atomic E-state index is 0.289. The van der Waals surface area contributed by atoms with Crippen molar-refractivity contribution in [3.63, 3.8) is 0 Å². The first-order valence-electron chi connectivity index (χ1n) is 8.67. The molecule has 3 heteroatoms. The van der Waals surface area contributed by atoms with Crippen molar-refractivity contribution < 1.29 is 5.11 Å². The van der Waals surface area contributed by atoms with Crippen LogP contribution < -0.4 is 0 Å². The molecule has 120 valence electrons. The molecule has 0 aliphatic heterocycles. The van der Waals surface area contributed by atoms with E-state index in [0.29, 0.717) is 11.5 Å². The van der Waals surface area contributed by atoms with E-state index < -0.39 is 0 Å². The number of aliphatic hydroxyl groups is 1. The highest BCUT2D eigenvalue weighted by atomic mass is 32.1. The Morgan fingerprint density at radius 3 is 2.15 bits per heavy atom. The normalized spacial score (nSPS) is 17.9. The highest BCUT2D eigenvalue weighted by molar-refractivity contribution is 7.80. The number of aliphatic hydroxyl groups excluding tert-OH is 1. The number of nitrogens with zero attached hydrogens (tertiary/aromatic N) is 1. The molecule has 20 heavy (non-hydrogen) atoms. The zero-order valence-corrected chi connectivity index (χ0v) is 14.5. The Morgan fingerprint density at radius 2 is 1.70 bits per heavy atom. The summed E-state index contributed by atoms with van der Waals surface area (Å²) in [4.78, 5) is 2.58. The summed E-state index contributed by atoms with van der Waals surface area (Å²) >= 11 is 4.69. The largest absolute Gasteiger partial charge is 0.395 e. The highest BCUT2D eigenvalue weighted by Gasteiger charge is 2.32. The third-order valence-corrected chi connectivity index (χ3v) is 5.58. The summed E-state index contributed by atoms with van der Waals surface area (Å²) in [7, 11) is 0. The second kappa shape index (κ2) is 10.1. The Hall–Kier alpha value is 0.270. The van der Waals surface area contributed by atoms with E-state index in [9.17, 15) is 5.11 Å². The van der Waals surface area contributed by atoms with Crippen molar-refractivity contribution in [3.05, 3.63) is 0 Å². The summed E-state index contributed by atoms with van der Waals surface area (Å²) in [5, 5.41) is 9.44. The first-order valence-corrected chi connectivity index (χ1v) is 9.30. The zero-order chi connectivity index (χ0) is 14.8. The van der Waals surface area contributed by atoms with Crippen LogP contribution >= 0.6 is 12.6 Å². The van der Waals surface area contributed by atoms with Gasteiger partial charge in [-0.25, -0.2) is 0 Å². The van der Waals surface area contributed by atoms with Gasteiger partial charge in [-0.2, -0.15) is 12.6 Å². The van der Waals surface area contributed by atoms with Gasteiger partial charge >= 0.3 is 0 Å². The predicted octanol–water partition coefficient (Wildman–Crippen LogP) is 4.13. The fraction of sp³-hybridized carbons (Fsp3) is 1.00. The van der Waals surface area contributed by atoms with Crippen molar-refractivity contribution in [2.75, 3.05) is 25.4 Å². The summed E-state index contributed by atoms with van der Waals surface area (Å²) in [6.45, 7) is 6.82. The standard InChI is InChI=1S/C17H35NOS/c1-3-10-17(15-20,11-4-2)14-18(12-13-19)16-8-6-5-7-9-16/h16,19-20H,3-15H2,1-2H3. The molecule has 0 saturated heterocycles. The summed E-state index contributed by atoms with van der Waals surface area (Å²) in [6, 6.07) is 0.698. The van der Waals surface area contributed by atoms with Crippen LogP contribution in [-0.2, 0) is 0 Å². The van der Waals surface area contributed by atoms with Gasteiger partial charge in [0, 0.05) is 19.1 Å². The van der Waals surface area contributed by atoms with Gasteiger partial charge in [-0.05, 0) is 36.9 Å². The third kappa shape index (κ3) is 5.57. The van der Waals surface area contributed by atoms with Gasteiger partial charge in [0.2, 0.25) is 0 Å². The fourth-order valence-electron chi connectivity index (χ4n) is 3.95. The maximum absolute atomic E-state index is 9.44. The smallest absolute Gasteiger partial charge is 0.0558 e. The second-order valence-electron chi connectivity index (χ2n) is 6.64. The molecule has 1 rings (SSSR count). The average Bonchev–Trinajstić information content (AvgIpc) is 2.48. The van der Waals surface area contributed by atoms with E-state index in [2.05, 4.69) is 31.4 Å². The van der Waals surface area contributed by atoms with E-state index in [1.165, 1.54) is 57.8 Å². The van der Waals surface area contributed by atoms with Crippen LogP contribution in [0.2, 0.25) is 0 Å². The van der Waals surface area contributed by atoms with Crippen LogP contribution in [0.4, 0.5) is 0 Å². The summed E-state index contributed by atoms with van der Waals surface area (Å²) < 4.78 is 0. The molecule has 0 atom stereocenters. The van der Waals surface area contributed by atoms with Gasteiger partial charge in [0.15, 0.2) is 0 Å². The quantitative estimate of drug-likeness (QED) is 0.593. The average molecular weight is 302 g/mol. The van der Waals surface area contributed by atoms with Crippen molar-refractivity contribution in [1.82, 2.24) is 4.90 Å². The molecule has 1 aliphatic rings. The number of hydrogen-bond donors (Lipinski definition) is 2. The van der Waals surface area contributed by atoms with Crippen molar-refractivity contribution in [3.8, 4) is 0 Å². The lowest BCUT2D eigenvalue weighted by atomic mass is 9.79. The molecule has 1 fully saturated rings. The molecule has 0 amide bonds. The minimum Gasteiger partial charge on any atom is -0.395 e. The molecule has 1 N–H and O–H groups in total. The van der Waals surface area contributed by atoms with E-state index in [1.54, 1.807) is 0 Å². The molecule has 0 unspecified atom stereocenters. The predicted molar refractivity (Wildman–Crippen MR) is 91.6 cm³/mol. The van der Waals surface area contributed by atoms with E-state index in [4.69, 9.17) is 0 Å². The molecular weight excluding hydrogens is 266 g/mol. The Kier molecular flexibility index (Phi) is 9.23. The highest BCUT2D eigenvalue weighted by Crippen LogP contribution is 2.34. The SMILES string of the molecule is CCCC(CS)(CCC)CN(CCO)C1CCCCC1. The van der Waals surface area contributed by atoms with E-state index in [-0.39, 0.29) is 6.61 Å². The van der Waals surface area contributed by atoms with Crippen LogP contribution in [0.15, 0.2) is 0 Å². The molecule has 1 saturated carbocycles. The third-order valence-electron chi connectivity index (χ3n) is 4.91. The van der Waals surface area contributed by atoms with Crippen LogP contribution in [0.5, 0.6) is 0 Å². The monoisotopic (exact) mass is 301 g/mol. The molecular formula is C17H35NOS. The first kappa shape index (κ1) is 18.3. The first-order chi connectivity index (χ1) is 9.71. The van der Waals surface area contributed by atoms with Crippen LogP contribution in [0.25, 0.3) is 0 Å². The topological polar surface area (TPSA) is 23.5 Å². The Bertz CT molecular complexity index is 235. The second-order valence-corrected chi connectivity index (χ2v) is 6.96. The molecule has 2 nitrogen and oxygen atoms in total. The molecule has 0 aromatic heterocycles. The van der Waals surface area contributed by atoms with Gasteiger partial charge < -0.3 is 5.11 Å². The zero-order valence-electron chi connectivity index (χ0n) is 13.6. The van der Waals surface area contributed by atoms with Gasteiger partial charge in [0.25, 0.3) is 0 Å². The van der Waals surface area contributed by atoms with Crippen molar-refractivity contribution in [2.45, 2.75) is 77.7 Å². The summed E-state index contributed by atoms with van der Waals surface area (Å²) in [5.74, 6) is 0.976. The van der Waals surface area contributed by atoms with Crippen molar-refractivity contribution in [1.29, 1.82) is 0 Å². The van der Waals surface area contributed by atoms with Crippen LogP contribution in [0.3, 0.4) is 0 Å². The van der Waals surface area contributed by atoms with Gasteiger partial charge in [-0.15, -0.1) is 0 Å². The summed E-state index contributed by atoms with van der Waals surface area (Å²) in [6.07, 6.45) is 11.8. The van der Waals surface area contributed by atoms with Gasteiger partial charge in [0.1, 0.15) is 0 Å². The van der Waals surface area contributed by atoms with Crippen LogP contribution in [-0.4, -0.2) is 41.5 Å². The van der Waals surface area contributed by atoms with Crippen molar-refractivity contribution in [2.24, 2.45) is 5.41 Å². The lowest BCUT2D eigenvalue weighted by molar-refractivity contribution is 0.0699. The lowest BCUT2D eigenvalue weighted by Gasteiger charge is -2.42. The van der Waals surface area contributed by atoms with Crippen molar-refractivity contribution >= 4 is 12.6 Å². The molecule has 0 aromatic carbocycles. The Morgan fingerprint density at radius 1 is 1.10 bits per heavy atom. The summed E-state index contributed by atoms with van der Waals surface area (Å²) in [5.41, 5.74) is 0.346. The van der Waals surface area contributed by atoms with Crippen LogP contribution in [0.1, 0.15) is 71.6 Å².